The highest BCUT2D eigenvalue weighted by Gasteiger charge is 2.15. The van der Waals surface area contributed by atoms with Gasteiger partial charge in [0.25, 0.3) is 0 Å². The van der Waals surface area contributed by atoms with Gasteiger partial charge in [0, 0.05) is 17.1 Å². The quantitative estimate of drug-likeness (QED) is 0.368. The van der Waals surface area contributed by atoms with E-state index in [-0.39, 0.29) is 11.7 Å². The first-order valence-electron chi connectivity index (χ1n) is 8.65. The average Bonchev–Trinajstić information content (AvgIpc) is 3.09. The Hall–Kier alpha value is -3.33. The Morgan fingerprint density at radius 1 is 1.17 bits per heavy atom. The van der Waals surface area contributed by atoms with Gasteiger partial charge in [-0.15, -0.1) is 0 Å². The number of nitrogens with zero attached hydrogens (tertiary/aromatic N) is 2. The number of nitrogens with one attached hydrogen (secondary N) is 2. The number of halogens is 1. The molecule has 4 rings (SSSR count). The molecule has 148 valence electrons. The third-order valence-corrected chi connectivity index (χ3v) is 5.29. The number of benzene rings is 2. The van der Waals surface area contributed by atoms with E-state index in [9.17, 15) is 9.18 Å². The van der Waals surface area contributed by atoms with Gasteiger partial charge in [-0.25, -0.2) is 14.4 Å². The number of hydrogen-bond donors (Lipinski definition) is 2. The number of aromatic nitrogens is 3. The van der Waals surface area contributed by atoms with E-state index >= 15 is 0 Å². The van der Waals surface area contributed by atoms with E-state index in [1.54, 1.807) is 26.4 Å². The third-order valence-electron chi connectivity index (χ3n) is 4.30. The summed E-state index contributed by atoms with van der Waals surface area (Å²) in [4.78, 5) is 24.2. The highest BCUT2D eigenvalue weighted by atomic mass is 32.2. The van der Waals surface area contributed by atoms with Crippen LogP contribution in [0.2, 0.25) is 0 Å². The van der Waals surface area contributed by atoms with Gasteiger partial charge in [0.2, 0.25) is 5.91 Å². The number of carbonyl (C=O) groups is 1. The van der Waals surface area contributed by atoms with Crippen LogP contribution in [0.15, 0.2) is 47.8 Å². The Bertz CT molecular complexity index is 1210. The number of amides is 1. The highest BCUT2D eigenvalue weighted by Crippen LogP contribution is 2.36. The third kappa shape index (κ3) is 3.81. The normalized spacial score (nSPS) is 11.0. The summed E-state index contributed by atoms with van der Waals surface area (Å²) in [5.41, 5.74) is 2.68. The Balaban J connectivity index is 1.60. The van der Waals surface area contributed by atoms with Crippen molar-refractivity contribution in [3.63, 3.8) is 0 Å². The van der Waals surface area contributed by atoms with E-state index < -0.39 is 5.82 Å². The predicted octanol–water partition coefficient (Wildman–Crippen LogP) is 4.00. The van der Waals surface area contributed by atoms with E-state index in [0.29, 0.717) is 22.2 Å². The zero-order chi connectivity index (χ0) is 20.4. The molecule has 0 unspecified atom stereocenters. The van der Waals surface area contributed by atoms with Crippen molar-refractivity contribution in [1.82, 2.24) is 15.0 Å². The molecule has 2 heterocycles. The Labute approximate surface area is 169 Å². The molecule has 1 amide bonds. The lowest BCUT2D eigenvalue weighted by Crippen LogP contribution is -2.14. The molecule has 2 aromatic heterocycles. The summed E-state index contributed by atoms with van der Waals surface area (Å²) >= 11 is 1.27. The van der Waals surface area contributed by atoms with Crippen molar-refractivity contribution in [3.05, 3.63) is 48.5 Å². The summed E-state index contributed by atoms with van der Waals surface area (Å²) in [6.07, 6.45) is 1.46. The van der Waals surface area contributed by atoms with Gasteiger partial charge in [-0.1, -0.05) is 17.8 Å². The van der Waals surface area contributed by atoms with E-state index in [4.69, 9.17) is 9.47 Å². The van der Waals surface area contributed by atoms with Crippen molar-refractivity contribution in [1.29, 1.82) is 0 Å². The molecular weight excluding hydrogens is 395 g/mol. The maximum atomic E-state index is 13.3. The molecule has 0 aliphatic heterocycles. The fourth-order valence-corrected chi connectivity index (χ4v) is 3.76. The summed E-state index contributed by atoms with van der Waals surface area (Å²) in [5.74, 6) is 0.653. The number of aromatic amines is 1. The minimum Gasteiger partial charge on any atom is -0.493 e. The standard InChI is InChI=1S/C20H17FN4O3S/c1-27-15-7-13-14(8-16(15)28-2)25-19-18(13)22-10-23-20(19)29-9-17(26)24-12-5-3-4-11(21)6-12/h3-8,10,25H,9H2,1-2H3,(H,24,26). The van der Waals surface area contributed by atoms with Crippen molar-refractivity contribution >= 4 is 45.3 Å². The Kier molecular flexibility index (Phi) is 5.22. The molecule has 7 nitrogen and oxygen atoms in total. The second kappa shape index (κ2) is 7.96. The van der Waals surface area contributed by atoms with Crippen LogP contribution < -0.4 is 14.8 Å². The topological polar surface area (TPSA) is 89.1 Å². The van der Waals surface area contributed by atoms with Crippen LogP contribution in [0.5, 0.6) is 11.5 Å². The second-order valence-corrected chi connectivity index (χ2v) is 7.09. The zero-order valence-corrected chi connectivity index (χ0v) is 16.5. The number of rotatable bonds is 6. The number of ether oxygens (including phenoxy) is 2. The van der Waals surface area contributed by atoms with Crippen molar-refractivity contribution in [3.8, 4) is 11.5 Å². The number of thioether (sulfide) groups is 1. The van der Waals surface area contributed by atoms with Gasteiger partial charge in [-0.2, -0.15) is 0 Å². The van der Waals surface area contributed by atoms with Crippen molar-refractivity contribution in [2.45, 2.75) is 5.03 Å². The van der Waals surface area contributed by atoms with Crippen LogP contribution in [-0.2, 0) is 4.79 Å². The average molecular weight is 412 g/mol. The van der Waals surface area contributed by atoms with Crippen LogP contribution in [0.4, 0.5) is 10.1 Å². The summed E-state index contributed by atoms with van der Waals surface area (Å²) < 4.78 is 24.0. The van der Waals surface area contributed by atoms with Crippen LogP contribution >= 0.6 is 11.8 Å². The highest BCUT2D eigenvalue weighted by molar-refractivity contribution is 8.00. The van der Waals surface area contributed by atoms with Gasteiger partial charge in [0.15, 0.2) is 11.5 Å². The fourth-order valence-electron chi connectivity index (χ4n) is 3.01. The molecule has 0 aliphatic rings. The van der Waals surface area contributed by atoms with Crippen LogP contribution in [0.3, 0.4) is 0 Å². The van der Waals surface area contributed by atoms with E-state index in [1.807, 2.05) is 12.1 Å². The van der Waals surface area contributed by atoms with Gasteiger partial charge in [-0.05, 0) is 24.3 Å². The smallest absolute Gasteiger partial charge is 0.234 e. The van der Waals surface area contributed by atoms with Gasteiger partial charge in [0.05, 0.1) is 31.0 Å². The maximum Gasteiger partial charge on any atom is 0.234 e. The second-order valence-electron chi connectivity index (χ2n) is 6.13. The molecular formula is C20H17FN4O3S. The van der Waals surface area contributed by atoms with E-state index in [0.717, 1.165) is 21.9 Å². The summed E-state index contributed by atoms with van der Waals surface area (Å²) in [6, 6.07) is 9.45. The van der Waals surface area contributed by atoms with E-state index in [1.165, 1.54) is 30.2 Å². The molecule has 0 spiro atoms. The lowest BCUT2D eigenvalue weighted by molar-refractivity contribution is -0.113. The first-order chi connectivity index (χ1) is 14.1. The zero-order valence-electron chi connectivity index (χ0n) is 15.7. The number of carbonyl (C=O) groups excluding carboxylic acids is 1. The van der Waals surface area contributed by atoms with Crippen LogP contribution in [0.25, 0.3) is 21.9 Å². The molecule has 0 saturated heterocycles. The van der Waals surface area contributed by atoms with Crippen LogP contribution in [0, 0.1) is 5.82 Å². The molecule has 0 saturated carbocycles. The first-order valence-corrected chi connectivity index (χ1v) is 9.64. The lowest BCUT2D eigenvalue weighted by atomic mass is 10.2. The molecule has 4 aromatic rings. The summed E-state index contributed by atoms with van der Waals surface area (Å²) in [5, 5.41) is 4.18. The molecule has 0 radical (unpaired) electrons. The first kappa shape index (κ1) is 19.0. The fraction of sp³-hybridized carbons (Fsp3) is 0.150. The molecule has 0 fully saturated rings. The monoisotopic (exact) mass is 412 g/mol. The number of hydrogen-bond acceptors (Lipinski definition) is 6. The van der Waals surface area contributed by atoms with Crippen LogP contribution in [0.1, 0.15) is 0 Å². The molecule has 0 bridgehead atoms. The van der Waals surface area contributed by atoms with Gasteiger partial charge >= 0.3 is 0 Å². The molecule has 0 atom stereocenters. The minimum absolute atomic E-state index is 0.116. The summed E-state index contributed by atoms with van der Waals surface area (Å²) in [6.45, 7) is 0. The molecule has 2 N–H and O–H groups in total. The van der Waals surface area contributed by atoms with Crippen molar-refractivity contribution < 1.29 is 18.7 Å². The lowest BCUT2D eigenvalue weighted by Gasteiger charge is -2.06. The predicted molar refractivity (Wildman–Crippen MR) is 110 cm³/mol. The number of H-pyrrole nitrogens is 1. The Morgan fingerprint density at radius 3 is 2.72 bits per heavy atom. The number of methoxy groups -OCH3 is 2. The number of anilines is 1. The Morgan fingerprint density at radius 2 is 1.97 bits per heavy atom. The molecule has 9 heteroatoms. The maximum absolute atomic E-state index is 13.3. The van der Waals surface area contributed by atoms with Gasteiger partial charge in [0.1, 0.15) is 22.7 Å². The van der Waals surface area contributed by atoms with Crippen molar-refractivity contribution in [2.24, 2.45) is 0 Å². The van der Waals surface area contributed by atoms with Crippen LogP contribution in [-0.4, -0.2) is 40.8 Å². The van der Waals surface area contributed by atoms with Gasteiger partial charge < -0.3 is 19.8 Å². The van der Waals surface area contributed by atoms with E-state index in [2.05, 4.69) is 20.3 Å². The van der Waals surface area contributed by atoms with Crippen molar-refractivity contribution in [2.75, 3.05) is 25.3 Å². The van der Waals surface area contributed by atoms with Gasteiger partial charge in [-0.3, -0.25) is 4.79 Å². The largest absolute Gasteiger partial charge is 0.493 e. The molecule has 29 heavy (non-hydrogen) atoms. The molecule has 2 aromatic carbocycles. The molecule has 0 aliphatic carbocycles. The summed E-state index contributed by atoms with van der Waals surface area (Å²) in [7, 11) is 3.15. The number of fused-ring (bicyclic) bond motifs is 3. The SMILES string of the molecule is COc1cc2[nH]c3c(SCC(=O)Nc4cccc(F)c4)ncnc3c2cc1OC. The minimum atomic E-state index is -0.406.